The summed E-state index contributed by atoms with van der Waals surface area (Å²) in [5, 5.41) is 7.11. The van der Waals surface area contributed by atoms with Crippen LogP contribution in [-0.2, 0) is 4.79 Å². The summed E-state index contributed by atoms with van der Waals surface area (Å²) in [6.45, 7) is 3.50. The predicted molar refractivity (Wildman–Crippen MR) is 52.7 cm³/mol. The Labute approximate surface area is 83.3 Å². The maximum atomic E-state index is 10.8. The average molecular weight is 193 g/mol. The Morgan fingerprint density at radius 1 is 1.71 bits per heavy atom. The molecule has 1 N–H and O–H groups in total. The number of rotatable bonds is 3. The summed E-state index contributed by atoms with van der Waals surface area (Å²) in [6.07, 6.45) is 6.32. The van der Waals surface area contributed by atoms with Crippen molar-refractivity contribution >= 4 is 5.91 Å². The summed E-state index contributed by atoms with van der Waals surface area (Å²) in [4.78, 5) is 10.8. The molecule has 1 saturated carbocycles. The lowest BCUT2D eigenvalue weighted by molar-refractivity contribution is -0.119. The predicted octanol–water partition coefficient (Wildman–Crippen LogP) is 1.42. The first-order chi connectivity index (χ1) is 6.66. The molecule has 1 aliphatic rings. The van der Waals surface area contributed by atoms with Gasteiger partial charge in [-0.3, -0.25) is 9.48 Å². The van der Waals surface area contributed by atoms with Gasteiger partial charge in [0, 0.05) is 18.7 Å². The highest BCUT2D eigenvalue weighted by atomic mass is 16.1. The third-order valence-corrected chi connectivity index (χ3v) is 2.46. The molecule has 4 nitrogen and oxygen atoms in total. The summed E-state index contributed by atoms with van der Waals surface area (Å²) < 4.78 is 1.99. The van der Waals surface area contributed by atoms with Crippen LogP contribution in [-0.4, -0.2) is 15.7 Å². The fourth-order valence-electron chi connectivity index (χ4n) is 1.50. The number of hydrogen-bond donors (Lipinski definition) is 1. The molecule has 76 valence electrons. The van der Waals surface area contributed by atoms with Crippen molar-refractivity contribution in [1.29, 1.82) is 0 Å². The number of carbonyl (C=O) groups excluding carboxylic acids is 1. The molecule has 1 aromatic heterocycles. The molecule has 1 aliphatic carbocycles. The quantitative estimate of drug-likeness (QED) is 0.789. The van der Waals surface area contributed by atoms with Crippen molar-refractivity contribution in [2.75, 3.05) is 0 Å². The van der Waals surface area contributed by atoms with Crippen molar-refractivity contribution in [2.24, 2.45) is 0 Å². The molecule has 14 heavy (non-hydrogen) atoms. The molecule has 0 aromatic carbocycles. The molecule has 2 rings (SSSR count). The van der Waals surface area contributed by atoms with Crippen molar-refractivity contribution < 1.29 is 4.79 Å². The van der Waals surface area contributed by atoms with E-state index < -0.39 is 0 Å². The molecule has 0 bridgehead atoms. The highest BCUT2D eigenvalue weighted by Gasteiger charge is 2.24. The van der Waals surface area contributed by atoms with Crippen LogP contribution < -0.4 is 5.32 Å². The monoisotopic (exact) mass is 193 g/mol. The van der Waals surface area contributed by atoms with Gasteiger partial charge in [0.15, 0.2) is 0 Å². The molecular formula is C10H15N3O. The summed E-state index contributed by atoms with van der Waals surface area (Å²) in [5.41, 5.74) is 1.08. The van der Waals surface area contributed by atoms with Crippen LogP contribution >= 0.6 is 0 Å². The zero-order valence-electron chi connectivity index (χ0n) is 8.53. The third-order valence-electron chi connectivity index (χ3n) is 2.46. The molecule has 0 aliphatic heterocycles. The Morgan fingerprint density at radius 2 is 2.43 bits per heavy atom. The second kappa shape index (κ2) is 3.44. The molecule has 4 heteroatoms. The van der Waals surface area contributed by atoms with E-state index in [1.54, 1.807) is 0 Å². The van der Waals surface area contributed by atoms with Crippen LogP contribution in [0.4, 0.5) is 0 Å². The van der Waals surface area contributed by atoms with E-state index in [0.29, 0.717) is 6.04 Å². The number of nitrogens with zero attached hydrogens (tertiary/aromatic N) is 2. The van der Waals surface area contributed by atoms with Crippen LogP contribution in [0.5, 0.6) is 0 Å². The lowest BCUT2D eigenvalue weighted by Crippen LogP contribution is -2.23. The normalized spacial score (nSPS) is 17.9. The highest BCUT2D eigenvalue weighted by molar-refractivity contribution is 5.73. The Bertz CT molecular complexity index is 341. The topological polar surface area (TPSA) is 46.9 Å². The van der Waals surface area contributed by atoms with Crippen molar-refractivity contribution in [1.82, 2.24) is 15.1 Å². The SMILES string of the molecule is CC(=O)NC(C)c1cnn(C2CC2)c1. The first-order valence-corrected chi connectivity index (χ1v) is 4.98. The molecular weight excluding hydrogens is 178 g/mol. The van der Waals surface area contributed by atoms with E-state index >= 15 is 0 Å². The van der Waals surface area contributed by atoms with Crippen LogP contribution in [0.15, 0.2) is 12.4 Å². The minimum absolute atomic E-state index is 0.00308. The van der Waals surface area contributed by atoms with Gasteiger partial charge in [0.2, 0.25) is 5.91 Å². The minimum Gasteiger partial charge on any atom is -0.350 e. The molecule has 1 atom stereocenters. The van der Waals surface area contributed by atoms with Crippen molar-refractivity contribution in [3.05, 3.63) is 18.0 Å². The Morgan fingerprint density at radius 3 is 3.00 bits per heavy atom. The molecule has 1 unspecified atom stereocenters. The summed E-state index contributed by atoms with van der Waals surface area (Å²) in [7, 11) is 0. The zero-order chi connectivity index (χ0) is 10.1. The van der Waals surface area contributed by atoms with E-state index in [2.05, 4.69) is 10.4 Å². The Kier molecular flexibility index (Phi) is 2.27. The van der Waals surface area contributed by atoms with E-state index in [9.17, 15) is 4.79 Å². The largest absolute Gasteiger partial charge is 0.350 e. The van der Waals surface area contributed by atoms with Gasteiger partial charge in [0.25, 0.3) is 0 Å². The van der Waals surface area contributed by atoms with Gasteiger partial charge in [-0.15, -0.1) is 0 Å². The standard InChI is InChI=1S/C10H15N3O/c1-7(12-8(2)14)9-5-11-13(6-9)10-3-4-10/h5-7,10H,3-4H2,1-2H3,(H,12,14). The second-order valence-corrected chi connectivity index (χ2v) is 3.91. The maximum Gasteiger partial charge on any atom is 0.217 e. The van der Waals surface area contributed by atoms with Crippen LogP contribution in [0.25, 0.3) is 0 Å². The molecule has 1 fully saturated rings. The lowest BCUT2D eigenvalue weighted by Gasteiger charge is -2.09. The number of carbonyl (C=O) groups is 1. The van der Waals surface area contributed by atoms with Crippen molar-refractivity contribution in [2.45, 2.75) is 38.8 Å². The summed E-state index contributed by atoms with van der Waals surface area (Å²) in [6, 6.07) is 0.660. The molecule has 1 aromatic rings. The van der Waals surface area contributed by atoms with Crippen LogP contribution in [0.3, 0.4) is 0 Å². The summed E-state index contributed by atoms with van der Waals surface area (Å²) >= 11 is 0. The van der Waals surface area contributed by atoms with Gasteiger partial charge in [-0.05, 0) is 19.8 Å². The fourth-order valence-corrected chi connectivity index (χ4v) is 1.50. The molecule has 1 amide bonds. The van der Waals surface area contributed by atoms with Gasteiger partial charge >= 0.3 is 0 Å². The van der Waals surface area contributed by atoms with Crippen molar-refractivity contribution in [3.63, 3.8) is 0 Å². The molecule has 0 spiro atoms. The van der Waals surface area contributed by atoms with Crippen LogP contribution in [0, 0.1) is 0 Å². The Hall–Kier alpha value is -1.32. The first-order valence-electron chi connectivity index (χ1n) is 4.98. The van der Waals surface area contributed by atoms with E-state index in [4.69, 9.17) is 0 Å². The van der Waals surface area contributed by atoms with Crippen LogP contribution in [0.1, 0.15) is 44.3 Å². The Balaban J connectivity index is 2.03. The molecule has 0 saturated heterocycles. The molecule has 1 heterocycles. The minimum atomic E-state index is -0.00308. The fraction of sp³-hybridized carbons (Fsp3) is 0.600. The van der Waals surface area contributed by atoms with Gasteiger partial charge < -0.3 is 5.32 Å². The lowest BCUT2D eigenvalue weighted by atomic mass is 10.2. The smallest absolute Gasteiger partial charge is 0.217 e. The van der Waals surface area contributed by atoms with Gasteiger partial charge in [-0.2, -0.15) is 5.10 Å². The first kappa shape index (κ1) is 9.24. The maximum absolute atomic E-state index is 10.8. The van der Waals surface area contributed by atoms with Gasteiger partial charge in [0.1, 0.15) is 0 Å². The van der Waals surface area contributed by atoms with E-state index in [1.165, 1.54) is 19.8 Å². The van der Waals surface area contributed by atoms with Gasteiger partial charge in [0.05, 0.1) is 18.3 Å². The third kappa shape index (κ3) is 1.95. The summed E-state index contributed by atoms with van der Waals surface area (Å²) in [5.74, 6) is -0.00308. The van der Waals surface area contributed by atoms with Crippen LogP contribution in [0.2, 0.25) is 0 Å². The van der Waals surface area contributed by atoms with Crippen molar-refractivity contribution in [3.8, 4) is 0 Å². The van der Waals surface area contributed by atoms with Gasteiger partial charge in [-0.1, -0.05) is 0 Å². The van der Waals surface area contributed by atoms with E-state index in [-0.39, 0.29) is 11.9 Å². The number of nitrogens with one attached hydrogen (secondary N) is 1. The number of hydrogen-bond acceptors (Lipinski definition) is 2. The number of aromatic nitrogens is 2. The highest BCUT2D eigenvalue weighted by Crippen LogP contribution is 2.34. The second-order valence-electron chi connectivity index (χ2n) is 3.91. The van der Waals surface area contributed by atoms with Gasteiger partial charge in [-0.25, -0.2) is 0 Å². The van der Waals surface area contributed by atoms with E-state index in [0.717, 1.165) is 5.56 Å². The number of amides is 1. The van der Waals surface area contributed by atoms with E-state index in [1.807, 2.05) is 24.0 Å². The average Bonchev–Trinajstić information content (AvgIpc) is 2.82. The molecule has 0 radical (unpaired) electrons. The zero-order valence-corrected chi connectivity index (χ0v) is 8.53.